The Labute approximate surface area is 90.4 Å². The van der Waals surface area contributed by atoms with Crippen molar-refractivity contribution in [1.82, 2.24) is 0 Å². The average molecular weight is 236 g/mol. The van der Waals surface area contributed by atoms with Crippen LogP contribution in [0.25, 0.3) is 0 Å². The molecule has 0 atom stereocenters. The van der Waals surface area contributed by atoms with E-state index < -0.39 is 0 Å². The molecule has 1 rings (SSSR count). The van der Waals surface area contributed by atoms with Gasteiger partial charge in [-0.2, -0.15) is 0 Å². The zero-order valence-corrected chi connectivity index (χ0v) is 10.3. The first-order chi connectivity index (χ1) is 5.83. The van der Waals surface area contributed by atoms with Gasteiger partial charge >= 0.3 is 0 Å². The molecule has 0 aliphatic heterocycles. The summed E-state index contributed by atoms with van der Waals surface area (Å²) < 4.78 is 2.42. The lowest BCUT2D eigenvalue weighted by Gasteiger charge is -1.95. The molecule has 4 heteroatoms. The highest BCUT2D eigenvalue weighted by Gasteiger charge is 1.95. The van der Waals surface area contributed by atoms with Crippen molar-refractivity contribution in [1.29, 1.82) is 0 Å². The summed E-state index contributed by atoms with van der Waals surface area (Å²) >= 11 is 6.99. The molecule has 1 aromatic heterocycles. The fourth-order valence-electron chi connectivity index (χ4n) is 0.817. The van der Waals surface area contributed by atoms with E-state index in [2.05, 4.69) is 13.0 Å². The highest BCUT2D eigenvalue weighted by Crippen LogP contribution is 2.29. The molecule has 0 bridgehead atoms. The Kier molecular flexibility index (Phi) is 5.47. The van der Waals surface area contributed by atoms with Gasteiger partial charge in [-0.1, -0.05) is 52.7 Å². The maximum absolute atomic E-state index is 5.05. The third-order valence-electron chi connectivity index (χ3n) is 1.43. The summed E-state index contributed by atoms with van der Waals surface area (Å²) in [6, 6.07) is 2.11. The molecule has 0 amide bonds. The number of thioether (sulfide) groups is 1. The van der Waals surface area contributed by atoms with E-state index in [1.807, 2.05) is 22.1 Å². The summed E-state index contributed by atoms with van der Waals surface area (Å²) in [5, 5.41) is 0. The Morgan fingerprint density at radius 1 is 1.42 bits per heavy atom. The number of hydrogen-bond acceptors (Lipinski definition) is 4. The van der Waals surface area contributed by atoms with E-state index >= 15 is 0 Å². The van der Waals surface area contributed by atoms with Crippen LogP contribution >= 0.6 is 44.7 Å². The van der Waals surface area contributed by atoms with Crippen molar-refractivity contribution in [3.8, 4) is 0 Å². The van der Waals surface area contributed by atoms with Crippen molar-refractivity contribution in [2.75, 3.05) is 5.75 Å². The van der Waals surface area contributed by atoms with Crippen LogP contribution in [0.4, 0.5) is 0 Å². The first-order valence-electron chi connectivity index (χ1n) is 4.06. The Morgan fingerprint density at radius 3 is 2.83 bits per heavy atom. The fourth-order valence-corrected chi connectivity index (χ4v) is 4.75. The van der Waals surface area contributed by atoms with Crippen LogP contribution in [0.5, 0.6) is 0 Å². The van der Waals surface area contributed by atoms with Gasteiger partial charge in [-0.3, -0.25) is 0 Å². The van der Waals surface area contributed by atoms with E-state index in [1.165, 1.54) is 29.2 Å². The molecule has 12 heavy (non-hydrogen) atoms. The van der Waals surface area contributed by atoms with Gasteiger partial charge in [-0.15, -0.1) is 11.8 Å². The lowest BCUT2D eigenvalue weighted by Crippen LogP contribution is -1.76. The van der Waals surface area contributed by atoms with Gasteiger partial charge in [0, 0.05) is 0 Å². The van der Waals surface area contributed by atoms with Gasteiger partial charge < -0.3 is 0 Å². The van der Waals surface area contributed by atoms with E-state index in [0.717, 1.165) is 3.82 Å². The van der Waals surface area contributed by atoms with Crippen LogP contribution in [-0.4, -0.2) is 5.75 Å². The molecule has 0 aliphatic carbocycles. The molecule has 0 aliphatic rings. The second-order valence-electron chi connectivity index (χ2n) is 2.50. The summed E-state index contributed by atoms with van der Waals surface area (Å²) in [4.78, 5) is 0. The third kappa shape index (κ3) is 4.03. The maximum atomic E-state index is 5.05. The molecule has 1 heterocycles. The topological polar surface area (TPSA) is 0 Å². The second kappa shape index (κ2) is 6.13. The monoisotopic (exact) mass is 236 g/mol. The van der Waals surface area contributed by atoms with Crippen LogP contribution in [0, 0.1) is 3.82 Å². The molecule has 1 aromatic rings. The SMILES string of the molecule is CCCCCSc1cc(=S)ss1. The number of hydrogen-bond donors (Lipinski definition) is 0. The minimum Gasteiger partial charge on any atom is -0.115 e. The zero-order valence-electron chi connectivity index (χ0n) is 7.04. The van der Waals surface area contributed by atoms with Gasteiger partial charge in [-0.25, -0.2) is 0 Å². The van der Waals surface area contributed by atoms with E-state index in [-0.39, 0.29) is 0 Å². The van der Waals surface area contributed by atoms with Gasteiger partial charge in [0.25, 0.3) is 0 Å². The van der Waals surface area contributed by atoms with Crippen molar-refractivity contribution in [2.24, 2.45) is 0 Å². The van der Waals surface area contributed by atoms with Crippen molar-refractivity contribution < 1.29 is 0 Å². The van der Waals surface area contributed by atoms with Gasteiger partial charge in [0.2, 0.25) is 0 Å². The Bertz CT molecular complexity index is 260. The van der Waals surface area contributed by atoms with Crippen LogP contribution in [0.3, 0.4) is 0 Å². The van der Waals surface area contributed by atoms with Crippen LogP contribution < -0.4 is 0 Å². The maximum Gasteiger partial charge on any atom is 0.103 e. The average Bonchev–Trinajstić information content (AvgIpc) is 2.45. The van der Waals surface area contributed by atoms with E-state index in [9.17, 15) is 0 Å². The zero-order chi connectivity index (χ0) is 8.81. The van der Waals surface area contributed by atoms with Gasteiger partial charge in [0.05, 0.1) is 4.21 Å². The molecular weight excluding hydrogens is 224 g/mol. The Hall–Kier alpha value is 0.620. The van der Waals surface area contributed by atoms with Crippen molar-refractivity contribution in [3.63, 3.8) is 0 Å². The molecule has 0 unspecified atom stereocenters. The molecule has 0 fully saturated rings. The van der Waals surface area contributed by atoms with E-state index in [4.69, 9.17) is 12.2 Å². The van der Waals surface area contributed by atoms with E-state index in [0.29, 0.717) is 0 Å². The van der Waals surface area contributed by atoms with Crippen LogP contribution in [0.15, 0.2) is 10.3 Å². The first kappa shape index (κ1) is 10.7. The number of unbranched alkanes of at least 4 members (excludes halogenated alkanes) is 2. The highest BCUT2D eigenvalue weighted by molar-refractivity contribution is 8.02. The summed E-state index contributed by atoms with van der Waals surface area (Å²) in [6.07, 6.45) is 3.99. The molecule has 68 valence electrons. The summed E-state index contributed by atoms with van der Waals surface area (Å²) in [6.45, 7) is 2.24. The quantitative estimate of drug-likeness (QED) is 0.311. The predicted molar refractivity (Wildman–Crippen MR) is 63.3 cm³/mol. The molecular formula is C8H12S4. The normalized spacial score (nSPS) is 10.4. The van der Waals surface area contributed by atoms with Gasteiger partial charge in [-0.05, 0) is 18.2 Å². The van der Waals surface area contributed by atoms with Crippen molar-refractivity contribution in [3.05, 3.63) is 9.89 Å². The highest BCUT2D eigenvalue weighted by atomic mass is 32.9. The Balaban J connectivity index is 2.20. The summed E-state index contributed by atoms with van der Waals surface area (Å²) in [5.74, 6) is 1.25. The van der Waals surface area contributed by atoms with Gasteiger partial charge in [0.1, 0.15) is 3.82 Å². The molecule has 0 N–H and O–H groups in total. The fraction of sp³-hybridized carbons (Fsp3) is 0.625. The molecule has 0 radical (unpaired) electrons. The first-order valence-corrected chi connectivity index (χ1v) is 7.60. The van der Waals surface area contributed by atoms with Crippen molar-refractivity contribution in [2.45, 2.75) is 30.4 Å². The smallest absolute Gasteiger partial charge is 0.103 e. The standard InChI is InChI=1S/C8H12S4/c1-2-3-4-5-10-8-6-7(9)11-12-8/h6H,2-5H2,1H3. The van der Waals surface area contributed by atoms with E-state index in [1.54, 1.807) is 10.3 Å². The Morgan fingerprint density at radius 2 is 2.25 bits per heavy atom. The van der Waals surface area contributed by atoms with Crippen LogP contribution in [0.2, 0.25) is 0 Å². The summed E-state index contributed by atoms with van der Waals surface area (Å²) in [5.41, 5.74) is 0. The molecule has 0 spiro atoms. The minimum absolute atomic E-state index is 1.03. The molecule has 0 nitrogen and oxygen atoms in total. The summed E-state index contributed by atoms with van der Waals surface area (Å²) in [7, 11) is 3.51. The molecule has 0 saturated heterocycles. The minimum atomic E-state index is 1.03. The van der Waals surface area contributed by atoms with Crippen LogP contribution in [-0.2, 0) is 0 Å². The number of rotatable bonds is 5. The van der Waals surface area contributed by atoms with Crippen LogP contribution in [0.1, 0.15) is 26.2 Å². The third-order valence-corrected chi connectivity index (χ3v) is 5.91. The second-order valence-corrected chi connectivity index (χ2v) is 6.81. The largest absolute Gasteiger partial charge is 0.115 e. The van der Waals surface area contributed by atoms with Crippen molar-refractivity contribution >= 4 is 44.7 Å². The van der Waals surface area contributed by atoms with Gasteiger partial charge in [0.15, 0.2) is 0 Å². The molecule has 0 saturated carbocycles. The predicted octanol–water partition coefficient (Wildman–Crippen LogP) is 4.82. The lowest BCUT2D eigenvalue weighted by molar-refractivity contribution is 0.779. The molecule has 0 aromatic carbocycles. The lowest BCUT2D eigenvalue weighted by atomic mass is 10.3.